The van der Waals surface area contributed by atoms with Crippen LogP contribution in [0.15, 0.2) is 18.2 Å². The summed E-state index contributed by atoms with van der Waals surface area (Å²) in [4.78, 5) is 28.8. The van der Waals surface area contributed by atoms with Crippen LogP contribution >= 0.6 is 23.2 Å². The Kier molecular flexibility index (Phi) is 5.80. The molecular formula is C18H22Cl2N2O2. The maximum Gasteiger partial charge on any atom is 0.227 e. The number of rotatable bonds is 4. The topological polar surface area (TPSA) is 40.6 Å². The van der Waals surface area contributed by atoms with Crippen molar-refractivity contribution in [2.24, 2.45) is 0 Å². The molecule has 1 unspecified atom stereocenters. The van der Waals surface area contributed by atoms with Gasteiger partial charge in [-0.15, -0.1) is 0 Å². The first-order chi connectivity index (χ1) is 11.5. The smallest absolute Gasteiger partial charge is 0.227 e. The fraction of sp³-hybridized carbons (Fsp3) is 0.556. The first-order valence-corrected chi connectivity index (χ1v) is 9.26. The molecule has 24 heavy (non-hydrogen) atoms. The number of carbonyl (C=O) groups is 2. The van der Waals surface area contributed by atoms with Crippen LogP contribution in [-0.4, -0.2) is 53.7 Å². The molecule has 130 valence electrons. The maximum absolute atomic E-state index is 12.8. The van der Waals surface area contributed by atoms with Gasteiger partial charge in [-0.2, -0.15) is 0 Å². The number of Topliss-reactive ketones (excluding diaryl/α,β-unsaturated/α-hetero) is 1. The Balaban J connectivity index is 1.68. The van der Waals surface area contributed by atoms with Crippen LogP contribution in [0.1, 0.15) is 31.2 Å². The van der Waals surface area contributed by atoms with E-state index in [9.17, 15) is 9.59 Å². The lowest BCUT2D eigenvalue weighted by atomic mass is 9.99. The lowest BCUT2D eigenvalue weighted by Crippen LogP contribution is -2.52. The molecule has 0 saturated carbocycles. The van der Waals surface area contributed by atoms with E-state index in [2.05, 4.69) is 4.90 Å². The van der Waals surface area contributed by atoms with E-state index < -0.39 is 0 Å². The fourth-order valence-corrected chi connectivity index (χ4v) is 3.87. The van der Waals surface area contributed by atoms with E-state index in [1.165, 1.54) is 12.8 Å². The molecule has 4 nitrogen and oxygen atoms in total. The molecule has 2 aliphatic heterocycles. The van der Waals surface area contributed by atoms with Crippen LogP contribution < -0.4 is 0 Å². The lowest BCUT2D eigenvalue weighted by molar-refractivity contribution is -0.140. The molecule has 2 fully saturated rings. The molecule has 0 aliphatic carbocycles. The second-order valence-corrected chi connectivity index (χ2v) is 7.50. The van der Waals surface area contributed by atoms with E-state index in [1.807, 2.05) is 6.07 Å². The van der Waals surface area contributed by atoms with E-state index in [4.69, 9.17) is 23.2 Å². The minimum Gasteiger partial charge on any atom is -0.331 e. The normalized spacial score (nSPS) is 22.2. The van der Waals surface area contributed by atoms with Gasteiger partial charge in [0.05, 0.1) is 23.0 Å². The zero-order valence-electron chi connectivity index (χ0n) is 13.6. The van der Waals surface area contributed by atoms with Crippen molar-refractivity contribution in [3.63, 3.8) is 0 Å². The molecule has 3 rings (SSSR count). The molecule has 0 spiro atoms. The second-order valence-electron chi connectivity index (χ2n) is 6.69. The molecular weight excluding hydrogens is 347 g/mol. The van der Waals surface area contributed by atoms with Crippen LogP contribution in [0.25, 0.3) is 0 Å². The Morgan fingerprint density at radius 2 is 1.92 bits per heavy atom. The molecule has 1 aromatic carbocycles. The van der Waals surface area contributed by atoms with Gasteiger partial charge in [0.25, 0.3) is 0 Å². The largest absolute Gasteiger partial charge is 0.331 e. The third-order valence-electron chi connectivity index (χ3n) is 4.87. The van der Waals surface area contributed by atoms with Crippen molar-refractivity contribution >= 4 is 34.9 Å². The standard InChI is InChI=1S/C18H22Cl2N2O2/c19-16-6-3-13(9-17(16)20)10-18(24)22-12-15(23)5-4-14(22)11-21-7-1-2-8-21/h3,6,9,14H,1-2,4-5,7-8,10-12H2. The summed E-state index contributed by atoms with van der Waals surface area (Å²) < 4.78 is 0. The number of benzene rings is 1. The quantitative estimate of drug-likeness (QED) is 0.819. The average molecular weight is 369 g/mol. The predicted molar refractivity (Wildman–Crippen MR) is 95.6 cm³/mol. The van der Waals surface area contributed by atoms with Gasteiger partial charge in [0.15, 0.2) is 5.78 Å². The molecule has 0 N–H and O–H groups in total. The number of nitrogens with zero attached hydrogens (tertiary/aromatic N) is 2. The van der Waals surface area contributed by atoms with E-state index in [0.717, 1.165) is 31.6 Å². The molecule has 2 aliphatic rings. The van der Waals surface area contributed by atoms with Crippen LogP contribution in [0.3, 0.4) is 0 Å². The highest BCUT2D eigenvalue weighted by Gasteiger charge is 2.32. The van der Waals surface area contributed by atoms with Crippen LogP contribution in [0.4, 0.5) is 0 Å². The van der Waals surface area contributed by atoms with Gasteiger partial charge in [-0.1, -0.05) is 29.3 Å². The molecule has 2 saturated heterocycles. The summed E-state index contributed by atoms with van der Waals surface area (Å²) in [6, 6.07) is 5.38. The van der Waals surface area contributed by atoms with Crippen molar-refractivity contribution in [2.45, 2.75) is 38.1 Å². The maximum atomic E-state index is 12.8. The number of hydrogen-bond acceptors (Lipinski definition) is 3. The Hall–Kier alpha value is -1.10. The SMILES string of the molecule is O=C1CCC(CN2CCCC2)N(C(=O)Cc2ccc(Cl)c(Cl)c2)C1. The zero-order valence-corrected chi connectivity index (χ0v) is 15.2. The number of likely N-dealkylation sites (tertiary alicyclic amines) is 2. The number of halogens is 2. The van der Waals surface area contributed by atoms with Crippen LogP contribution in [0.2, 0.25) is 10.0 Å². The Bertz CT molecular complexity index is 629. The van der Waals surface area contributed by atoms with Gasteiger partial charge in [0, 0.05) is 19.0 Å². The Morgan fingerprint density at radius 1 is 1.17 bits per heavy atom. The number of carbonyl (C=O) groups excluding carboxylic acids is 2. The molecule has 2 heterocycles. The summed E-state index contributed by atoms with van der Waals surface area (Å²) in [6.07, 6.45) is 4.05. The molecule has 6 heteroatoms. The summed E-state index contributed by atoms with van der Waals surface area (Å²) in [7, 11) is 0. The van der Waals surface area contributed by atoms with Gasteiger partial charge in [-0.3, -0.25) is 9.59 Å². The number of amides is 1. The highest BCUT2D eigenvalue weighted by molar-refractivity contribution is 6.42. The van der Waals surface area contributed by atoms with Crippen molar-refractivity contribution in [3.05, 3.63) is 33.8 Å². The van der Waals surface area contributed by atoms with E-state index in [-0.39, 0.29) is 30.7 Å². The van der Waals surface area contributed by atoms with Gasteiger partial charge < -0.3 is 9.80 Å². The minimum absolute atomic E-state index is 0.00867. The Morgan fingerprint density at radius 3 is 2.62 bits per heavy atom. The zero-order chi connectivity index (χ0) is 17.1. The number of ketones is 1. The molecule has 1 atom stereocenters. The number of hydrogen-bond donors (Lipinski definition) is 0. The molecule has 0 radical (unpaired) electrons. The van der Waals surface area contributed by atoms with Crippen molar-refractivity contribution in [1.29, 1.82) is 0 Å². The van der Waals surface area contributed by atoms with Crippen molar-refractivity contribution in [1.82, 2.24) is 9.80 Å². The summed E-state index contributed by atoms with van der Waals surface area (Å²) in [5.74, 6) is 0.140. The Labute approximate surface area is 152 Å². The summed E-state index contributed by atoms with van der Waals surface area (Å²) in [5, 5.41) is 0.929. The van der Waals surface area contributed by atoms with Crippen molar-refractivity contribution < 1.29 is 9.59 Å². The van der Waals surface area contributed by atoms with Crippen LogP contribution in [0, 0.1) is 0 Å². The van der Waals surface area contributed by atoms with Gasteiger partial charge >= 0.3 is 0 Å². The molecule has 1 amide bonds. The van der Waals surface area contributed by atoms with E-state index >= 15 is 0 Å². The minimum atomic E-state index is -0.00867. The van der Waals surface area contributed by atoms with Crippen LogP contribution in [-0.2, 0) is 16.0 Å². The highest BCUT2D eigenvalue weighted by Crippen LogP contribution is 2.24. The molecule has 1 aromatic rings. The first-order valence-electron chi connectivity index (χ1n) is 8.50. The molecule has 0 bridgehead atoms. The lowest BCUT2D eigenvalue weighted by Gasteiger charge is -2.37. The van der Waals surface area contributed by atoms with E-state index in [0.29, 0.717) is 16.5 Å². The molecule has 0 aromatic heterocycles. The summed E-state index contributed by atoms with van der Waals surface area (Å²) in [6.45, 7) is 3.30. The highest BCUT2D eigenvalue weighted by atomic mass is 35.5. The summed E-state index contributed by atoms with van der Waals surface area (Å²) in [5.41, 5.74) is 0.826. The fourth-order valence-electron chi connectivity index (χ4n) is 3.55. The first kappa shape index (κ1) is 17.7. The van der Waals surface area contributed by atoms with Gasteiger partial charge in [0.2, 0.25) is 5.91 Å². The number of piperidine rings is 1. The average Bonchev–Trinajstić information content (AvgIpc) is 3.05. The van der Waals surface area contributed by atoms with Crippen molar-refractivity contribution in [2.75, 3.05) is 26.2 Å². The second kappa shape index (κ2) is 7.85. The van der Waals surface area contributed by atoms with Gasteiger partial charge in [-0.05, 0) is 50.0 Å². The third-order valence-corrected chi connectivity index (χ3v) is 5.61. The monoisotopic (exact) mass is 368 g/mol. The van der Waals surface area contributed by atoms with Gasteiger partial charge in [0.1, 0.15) is 0 Å². The van der Waals surface area contributed by atoms with Crippen molar-refractivity contribution in [3.8, 4) is 0 Å². The van der Waals surface area contributed by atoms with E-state index in [1.54, 1.807) is 17.0 Å². The van der Waals surface area contributed by atoms with Gasteiger partial charge in [-0.25, -0.2) is 0 Å². The predicted octanol–water partition coefficient (Wildman–Crippen LogP) is 3.19. The third kappa shape index (κ3) is 4.29. The van der Waals surface area contributed by atoms with Crippen LogP contribution in [0.5, 0.6) is 0 Å². The summed E-state index contributed by atoms with van der Waals surface area (Å²) >= 11 is 12.0.